The van der Waals surface area contributed by atoms with E-state index >= 15 is 0 Å². The molecule has 0 aliphatic heterocycles. The fourth-order valence-electron chi connectivity index (χ4n) is 8.12. The molecule has 0 aromatic rings. The number of rotatable bonds is 47. The van der Waals surface area contributed by atoms with Crippen LogP contribution in [0.15, 0.2) is 0 Å². The lowest BCUT2D eigenvalue weighted by Crippen LogP contribution is -2.30. The Morgan fingerprint density at radius 2 is 0.483 bits per heavy atom. The molecule has 0 amide bonds. The number of carbonyl (C=O) groups is 3. The van der Waals surface area contributed by atoms with Crippen molar-refractivity contribution in [2.75, 3.05) is 13.2 Å². The molecular weight excluding hydrogens is 745 g/mol. The van der Waals surface area contributed by atoms with Crippen LogP contribution in [-0.2, 0) is 28.6 Å². The van der Waals surface area contributed by atoms with E-state index in [0.29, 0.717) is 19.3 Å². The van der Waals surface area contributed by atoms with Gasteiger partial charge < -0.3 is 14.2 Å². The Morgan fingerprint density at radius 3 is 0.717 bits per heavy atom. The Kier molecular flexibility index (Phi) is 44.2. The van der Waals surface area contributed by atoms with Crippen LogP contribution in [0.2, 0.25) is 0 Å². The van der Waals surface area contributed by atoms with Crippen molar-refractivity contribution in [2.45, 2.75) is 298 Å². The third-order valence-corrected chi connectivity index (χ3v) is 12.1. The van der Waals surface area contributed by atoms with Gasteiger partial charge in [0.2, 0.25) is 0 Å². The van der Waals surface area contributed by atoms with Gasteiger partial charge in [-0.3, -0.25) is 14.4 Å². The Balaban J connectivity index is 4.22. The SMILES string of the molecule is CC(C)CCCCCCCCCCCCCCCCCC(=O)OC[C@H](COC(=O)CCCCCCCCCCCCCCC(C)C)OC(=O)CCCCCCCCC(C)C. The quantitative estimate of drug-likeness (QED) is 0.0345. The second kappa shape index (κ2) is 45.4. The van der Waals surface area contributed by atoms with Crippen molar-refractivity contribution in [1.82, 2.24) is 0 Å². The maximum Gasteiger partial charge on any atom is 0.306 e. The van der Waals surface area contributed by atoms with Gasteiger partial charge >= 0.3 is 17.9 Å². The highest BCUT2D eigenvalue weighted by molar-refractivity contribution is 5.71. The van der Waals surface area contributed by atoms with Crippen molar-refractivity contribution in [3.63, 3.8) is 0 Å². The molecule has 0 N–H and O–H groups in total. The van der Waals surface area contributed by atoms with Gasteiger partial charge in [0.05, 0.1) is 0 Å². The van der Waals surface area contributed by atoms with Gasteiger partial charge in [0.15, 0.2) is 6.10 Å². The first-order chi connectivity index (χ1) is 29.1. The molecule has 0 fully saturated rings. The topological polar surface area (TPSA) is 78.9 Å². The summed E-state index contributed by atoms with van der Waals surface area (Å²) in [4.78, 5) is 37.9. The normalized spacial score (nSPS) is 12.2. The van der Waals surface area contributed by atoms with Crippen molar-refractivity contribution >= 4 is 17.9 Å². The summed E-state index contributed by atoms with van der Waals surface area (Å²) in [6.45, 7) is 13.7. The molecule has 6 heteroatoms. The van der Waals surface area contributed by atoms with E-state index in [4.69, 9.17) is 14.2 Å². The third-order valence-electron chi connectivity index (χ3n) is 12.1. The van der Waals surface area contributed by atoms with Crippen LogP contribution in [0.1, 0.15) is 292 Å². The van der Waals surface area contributed by atoms with E-state index in [2.05, 4.69) is 41.5 Å². The summed E-state index contributed by atoms with van der Waals surface area (Å²) in [6, 6.07) is 0. The smallest absolute Gasteiger partial charge is 0.306 e. The largest absolute Gasteiger partial charge is 0.462 e. The first kappa shape index (κ1) is 58.4. The lowest BCUT2D eigenvalue weighted by molar-refractivity contribution is -0.167. The zero-order valence-electron chi connectivity index (χ0n) is 41.3. The van der Waals surface area contributed by atoms with E-state index in [1.165, 1.54) is 173 Å². The Morgan fingerprint density at radius 1 is 0.283 bits per heavy atom. The van der Waals surface area contributed by atoms with Crippen LogP contribution in [0.4, 0.5) is 0 Å². The Hall–Kier alpha value is -1.59. The van der Waals surface area contributed by atoms with Crippen LogP contribution in [-0.4, -0.2) is 37.2 Å². The molecule has 6 nitrogen and oxygen atoms in total. The van der Waals surface area contributed by atoms with E-state index < -0.39 is 6.10 Å². The third kappa shape index (κ3) is 47.5. The van der Waals surface area contributed by atoms with Crippen LogP contribution in [0.5, 0.6) is 0 Å². The number of unbranched alkanes of at least 4 members (excludes halogenated alkanes) is 30. The molecule has 0 bridgehead atoms. The van der Waals surface area contributed by atoms with Gasteiger partial charge in [-0.2, -0.15) is 0 Å². The van der Waals surface area contributed by atoms with Gasteiger partial charge in [-0.1, -0.05) is 253 Å². The predicted molar refractivity (Wildman–Crippen MR) is 256 cm³/mol. The number of ether oxygens (including phenoxy) is 3. The summed E-state index contributed by atoms with van der Waals surface area (Å²) in [5.41, 5.74) is 0. The molecule has 1 atom stereocenters. The summed E-state index contributed by atoms with van der Waals surface area (Å²) < 4.78 is 16.8. The standard InChI is InChI=1S/C54H104O6/c1-48(2)40-34-28-22-18-14-10-8-7-9-11-16-20-24-31-37-43-52(55)58-46-51(60-54(57)45-39-33-27-26-30-36-42-50(5)6)47-59-53(56)44-38-32-25-21-17-13-12-15-19-23-29-35-41-49(3)4/h48-51H,7-47H2,1-6H3/t51-/m1/s1. The van der Waals surface area contributed by atoms with Crippen molar-refractivity contribution < 1.29 is 28.6 Å². The Bertz CT molecular complexity index is 929. The first-order valence-electron chi connectivity index (χ1n) is 26.6. The molecule has 0 saturated carbocycles. The molecule has 0 aromatic carbocycles. The minimum Gasteiger partial charge on any atom is -0.462 e. The molecule has 0 aliphatic carbocycles. The van der Waals surface area contributed by atoms with E-state index in [-0.39, 0.29) is 31.1 Å². The average molecular weight is 849 g/mol. The molecular formula is C54H104O6. The molecule has 0 heterocycles. The van der Waals surface area contributed by atoms with Crippen LogP contribution in [0.25, 0.3) is 0 Å². The fourth-order valence-corrected chi connectivity index (χ4v) is 8.12. The van der Waals surface area contributed by atoms with Crippen LogP contribution in [0.3, 0.4) is 0 Å². The monoisotopic (exact) mass is 849 g/mol. The average Bonchev–Trinajstić information content (AvgIpc) is 3.20. The molecule has 0 aliphatic rings. The van der Waals surface area contributed by atoms with E-state index in [9.17, 15) is 14.4 Å². The van der Waals surface area contributed by atoms with E-state index in [1.54, 1.807) is 0 Å². The maximum atomic E-state index is 12.7. The highest BCUT2D eigenvalue weighted by Crippen LogP contribution is 2.18. The number of carbonyl (C=O) groups excluding carboxylic acids is 3. The van der Waals surface area contributed by atoms with Gasteiger partial charge in [-0.25, -0.2) is 0 Å². The van der Waals surface area contributed by atoms with Gasteiger partial charge in [0.1, 0.15) is 13.2 Å². The van der Waals surface area contributed by atoms with Gasteiger partial charge in [0, 0.05) is 19.3 Å². The van der Waals surface area contributed by atoms with Gasteiger partial charge in [-0.15, -0.1) is 0 Å². The van der Waals surface area contributed by atoms with E-state index in [1.807, 2.05) is 0 Å². The minimum atomic E-state index is -0.763. The van der Waals surface area contributed by atoms with E-state index in [0.717, 1.165) is 75.5 Å². The van der Waals surface area contributed by atoms with Crippen LogP contribution in [0, 0.1) is 17.8 Å². The first-order valence-corrected chi connectivity index (χ1v) is 26.6. The zero-order chi connectivity index (χ0) is 44.2. The lowest BCUT2D eigenvalue weighted by Gasteiger charge is -2.18. The Labute approximate surface area is 374 Å². The van der Waals surface area contributed by atoms with Crippen LogP contribution < -0.4 is 0 Å². The highest BCUT2D eigenvalue weighted by Gasteiger charge is 2.19. The molecule has 0 aromatic heterocycles. The summed E-state index contributed by atoms with van der Waals surface area (Å²) in [7, 11) is 0. The van der Waals surface area contributed by atoms with Gasteiger partial charge in [-0.05, 0) is 37.0 Å². The molecule has 0 saturated heterocycles. The second-order valence-electron chi connectivity index (χ2n) is 19.9. The molecule has 0 spiro atoms. The van der Waals surface area contributed by atoms with Crippen molar-refractivity contribution in [3.05, 3.63) is 0 Å². The number of esters is 3. The summed E-state index contributed by atoms with van der Waals surface area (Å²) in [5.74, 6) is 1.59. The van der Waals surface area contributed by atoms with Crippen LogP contribution >= 0.6 is 0 Å². The predicted octanol–water partition coefficient (Wildman–Crippen LogP) is 17.2. The summed E-state index contributed by atoms with van der Waals surface area (Å²) >= 11 is 0. The molecule has 0 unspecified atom stereocenters. The van der Waals surface area contributed by atoms with Crippen molar-refractivity contribution in [1.29, 1.82) is 0 Å². The molecule has 0 radical (unpaired) electrons. The zero-order valence-corrected chi connectivity index (χ0v) is 41.3. The van der Waals surface area contributed by atoms with Crippen molar-refractivity contribution in [3.8, 4) is 0 Å². The second-order valence-corrected chi connectivity index (χ2v) is 19.9. The molecule has 0 rings (SSSR count). The lowest BCUT2D eigenvalue weighted by atomic mass is 10.0. The minimum absolute atomic E-state index is 0.0653. The number of hydrogen-bond acceptors (Lipinski definition) is 6. The van der Waals surface area contributed by atoms with Crippen molar-refractivity contribution in [2.24, 2.45) is 17.8 Å². The fraction of sp³-hybridized carbons (Fsp3) is 0.944. The number of hydrogen-bond donors (Lipinski definition) is 0. The van der Waals surface area contributed by atoms with Gasteiger partial charge in [0.25, 0.3) is 0 Å². The summed E-state index contributed by atoms with van der Waals surface area (Å²) in [5, 5.41) is 0. The molecule has 60 heavy (non-hydrogen) atoms. The maximum absolute atomic E-state index is 12.7. The highest BCUT2D eigenvalue weighted by atomic mass is 16.6. The molecule has 356 valence electrons. The summed E-state index contributed by atoms with van der Waals surface area (Å²) in [6.07, 6.45) is 45.4.